The molecule has 0 amide bonds. The summed E-state index contributed by atoms with van der Waals surface area (Å²) >= 11 is 3.70. The highest BCUT2D eigenvalue weighted by Crippen LogP contribution is 2.40. The molecule has 3 aromatic rings. The fourth-order valence-electron chi connectivity index (χ4n) is 2.67. The summed E-state index contributed by atoms with van der Waals surface area (Å²) in [6, 6.07) is 7.55. The average Bonchev–Trinajstić information content (AvgIpc) is 3.01. The molecular formula is C22H21BrN2O2. The molecular weight excluding hydrogens is 404 g/mol. The summed E-state index contributed by atoms with van der Waals surface area (Å²) in [6.07, 6.45) is 11.6. The minimum Gasteiger partial charge on any atom is -0.457 e. The number of ether oxygens (including phenoxy) is 2. The summed E-state index contributed by atoms with van der Waals surface area (Å²) in [5.74, 6) is 2.66. The van der Waals surface area contributed by atoms with Gasteiger partial charge >= 0.3 is 0 Å². The predicted molar refractivity (Wildman–Crippen MR) is 113 cm³/mol. The fourth-order valence-corrected chi connectivity index (χ4v) is 3.46. The van der Waals surface area contributed by atoms with Crippen LogP contribution in [-0.4, -0.2) is 9.97 Å². The molecule has 0 atom stereocenters. The SMILES string of the molecule is C=C/C(=C\C=C/C)Oc1cc(Oc2cccnc2)c2c(Br)c(CC)[nH]c2c1. The van der Waals surface area contributed by atoms with E-state index in [2.05, 4.69) is 39.4 Å². The molecule has 3 rings (SSSR count). The first-order chi connectivity index (χ1) is 13.2. The predicted octanol–water partition coefficient (Wildman–Crippen LogP) is 6.70. The molecule has 0 radical (unpaired) electrons. The van der Waals surface area contributed by atoms with Gasteiger partial charge in [0.15, 0.2) is 0 Å². The number of aryl methyl sites for hydroxylation is 1. The number of nitrogens with one attached hydrogen (secondary N) is 1. The molecule has 4 nitrogen and oxygen atoms in total. The van der Waals surface area contributed by atoms with Gasteiger partial charge in [0.1, 0.15) is 23.0 Å². The number of pyridine rings is 1. The van der Waals surface area contributed by atoms with Crippen LogP contribution in [0.15, 0.2) is 77.8 Å². The van der Waals surface area contributed by atoms with Crippen LogP contribution in [0.25, 0.3) is 10.9 Å². The molecule has 0 aliphatic carbocycles. The number of fused-ring (bicyclic) bond motifs is 1. The zero-order chi connectivity index (χ0) is 19.2. The molecule has 2 heterocycles. The molecule has 0 saturated heterocycles. The van der Waals surface area contributed by atoms with Gasteiger partial charge in [-0.2, -0.15) is 0 Å². The maximum absolute atomic E-state index is 6.12. The summed E-state index contributed by atoms with van der Waals surface area (Å²) in [4.78, 5) is 7.55. The number of aromatic nitrogens is 2. The number of rotatable bonds is 7. The van der Waals surface area contributed by atoms with Crippen LogP contribution in [0.4, 0.5) is 0 Å². The number of H-pyrrole nitrogens is 1. The van der Waals surface area contributed by atoms with Crippen molar-refractivity contribution in [2.45, 2.75) is 20.3 Å². The number of hydrogen-bond donors (Lipinski definition) is 1. The standard InChI is InChI=1S/C22H21BrN2O2/c1-4-7-9-15(5-2)26-17-12-19-21(22(23)18(6-3)25-19)20(13-17)27-16-10-8-11-24-14-16/h4-5,7-14,25H,2,6H2,1,3H3/b7-4-,15-9+. The molecule has 2 aromatic heterocycles. The van der Waals surface area contributed by atoms with Gasteiger partial charge in [-0.25, -0.2) is 0 Å². The Morgan fingerprint density at radius 2 is 2.19 bits per heavy atom. The van der Waals surface area contributed by atoms with E-state index < -0.39 is 0 Å². The zero-order valence-corrected chi connectivity index (χ0v) is 16.9. The Labute approximate surface area is 167 Å². The molecule has 0 unspecified atom stereocenters. The number of hydrogen-bond acceptors (Lipinski definition) is 3. The van der Waals surface area contributed by atoms with E-state index >= 15 is 0 Å². The number of nitrogens with zero attached hydrogens (tertiary/aromatic N) is 1. The highest BCUT2D eigenvalue weighted by Gasteiger charge is 2.16. The molecule has 0 spiro atoms. The number of halogens is 1. The van der Waals surface area contributed by atoms with Gasteiger partial charge < -0.3 is 14.5 Å². The van der Waals surface area contributed by atoms with E-state index in [1.54, 1.807) is 18.5 Å². The zero-order valence-electron chi connectivity index (χ0n) is 15.3. The van der Waals surface area contributed by atoms with Crippen LogP contribution in [0.3, 0.4) is 0 Å². The highest BCUT2D eigenvalue weighted by atomic mass is 79.9. The Hall–Kier alpha value is -2.79. The van der Waals surface area contributed by atoms with E-state index in [4.69, 9.17) is 9.47 Å². The Balaban J connectivity index is 2.09. The van der Waals surface area contributed by atoms with Crippen molar-refractivity contribution in [1.29, 1.82) is 0 Å². The quantitative estimate of drug-likeness (QED) is 0.338. The van der Waals surface area contributed by atoms with E-state index in [1.807, 2.05) is 49.4 Å². The lowest BCUT2D eigenvalue weighted by molar-refractivity contribution is 0.437. The second kappa shape index (κ2) is 8.73. The van der Waals surface area contributed by atoms with Gasteiger partial charge in [-0.15, -0.1) is 0 Å². The molecule has 1 N–H and O–H groups in total. The van der Waals surface area contributed by atoms with E-state index in [0.29, 0.717) is 23.0 Å². The van der Waals surface area contributed by atoms with E-state index in [1.165, 1.54) is 0 Å². The summed E-state index contributed by atoms with van der Waals surface area (Å²) in [5, 5.41) is 0.973. The fraction of sp³-hybridized carbons (Fsp3) is 0.136. The second-order valence-electron chi connectivity index (χ2n) is 5.81. The molecule has 0 fully saturated rings. The molecule has 0 saturated carbocycles. The summed E-state index contributed by atoms with van der Waals surface area (Å²) in [7, 11) is 0. The van der Waals surface area contributed by atoms with E-state index in [-0.39, 0.29) is 0 Å². The van der Waals surface area contributed by atoms with Crippen molar-refractivity contribution < 1.29 is 9.47 Å². The lowest BCUT2D eigenvalue weighted by Gasteiger charge is -2.11. The summed E-state index contributed by atoms with van der Waals surface area (Å²) in [5.41, 5.74) is 2.04. The maximum atomic E-state index is 6.12. The Bertz CT molecular complexity index is 1000. The van der Waals surface area contributed by atoms with Gasteiger partial charge in [0.25, 0.3) is 0 Å². The van der Waals surface area contributed by atoms with Crippen molar-refractivity contribution >= 4 is 26.8 Å². The molecule has 5 heteroatoms. The van der Waals surface area contributed by atoms with Crippen LogP contribution in [0, 0.1) is 0 Å². The molecule has 1 aromatic carbocycles. The molecule has 27 heavy (non-hydrogen) atoms. The van der Waals surface area contributed by atoms with Crippen molar-refractivity contribution in [3.05, 3.63) is 83.5 Å². The number of aromatic amines is 1. The second-order valence-corrected chi connectivity index (χ2v) is 6.60. The number of benzene rings is 1. The van der Waals surface area contributed by atoms with Gasteiger partial charge in [-0.05, 0) is 53.6 Å². The van der Waals surface area contributed by atoms with Crippen LogP contribution in [-0.2, 0) is 6.42 Å². The first-order valence-corrected chi connectivity index (χ1v) is 9.50. The Morgan fingerprint density at radius 3 is 2.85 bits per heavy atom. The maximum Gasteiger partial charge on any atom is 0.145 e. The van der Waals surface area contributed by atoms with Crippen molar-refractivity contribution in [2.24, 2.45) is 0 Å². The molecule has 138 valence electrons. The van der Waals surface area contributed by atoms with Gasteiger partial charge in [0, 0.05) is 28.5 Å². The Kier molecular flexibility index (Phi) is 6.14. The third-order valence-corrected chi connectivity index (χ3v) is 4.83. The summed E-state index contributed by atoms with van der Waals surface area (Å²) in [6.45, 7) is 7.86. The average molecular weight is 425 g/mol. The van der Waals surface area contributed by atoms with Gasteiger partial charge in [-0.3, -0.25) is 4.98 Å². The smallest absolute Gasteiger partial charge is 0.145 e. The van der Waals surface area contributed by atoms with Crippen LogP contribution in [0.1, 0.15) is 19.5 Å². The molecule has 0 bridgehead atoms. The topological polar surface area (TPSA) is 47.1 Å². The first-order valence-electron chi connectivity index (χ1n) is 8.71. The van der Waals surface area contributed by atoms with Crippen molar-refractivity contribution in [3.63, 3.8) is 0 Å². The minimum atomic E-state index is 0.654. The summed E-state index contributed by atoms with van der Waals surface area (Å²) < 4.78 is 13.1. The third kappa shape index (κ3) is 4.31. The largest absolute Gasteiger partial charge is 0.457 e. The van der Waals surface area contributed by atoms with Gasteiger partial charge in [0.2, 0.25) is 0 Å². The molecule has 0 aliphatic rings. The van der Waals surface area contributed by atoms with Crippen LogP contribution < -0.4 is 9.47 Å². The molecule has 0 aliphatic heterocycles. The van der Waals surface area contributed by atoms with Crippen LogP contribution in [0.5, 0.6) is 17.2 Å². The lowest BCUT2D eigenvalue weighted by Crippen LogP contribution is -1.93. The van der Waals surface area contributed by atoms with E-state index in [9.17, 15) is 0 Å². The van der Waals surface area contributed by atoms with Crippen LogP contribution in [0.2, 0.25) is 0 Å². The first kappa shape index (κ1) is 19.0. The normalized spacial score (nSPS) is 11.9. The van der Waals surface area contributed by atoms with Gasteiger partial charge in [-0.1, -0.05) is 25.7 Å². The monoisotopic (exact) mass is 424 g/mol. The highest BCUT2D eigenvalue weighted by molar-refractivity contribution is 9.10. The Morgan fingerprint density at radius 1 is 1.33 bits per heavy atom. The third-order valence-electron chi connectivity index (χ3n) is 3.95. The lowest BCUT2D eigenvalue weighted by atomic mass is 10.2. The van der Waals surface area contributed by atoms with Gasteiger partial charge in [0.05, 0.1) is 17.1 Å². The van der Waals surface area contributed by atoms with Crippen LogP contribution >= 0.6 is 15.9 Å². The number of allylic oxidation sites excluding steroid dienone is 4. The van der Waals surface area contributed by atoms with Crippen molar-refractivity contribution in [1.82, 2.24) is 9.97 Å². The van der Waals surface area contributed by atoms with Crippen molar-refractivity contribution in [2.75, 3.05) is 0 Å². The van der Waals surface area contributed by atoms with E-state index in [0.717, 1.165) is 27.5 Å². The van der Waals surface area contributed by atoms with Crippen molar-refractivity contribution in [3.8, 4) is 17.2 Å². The minimum absolute atomic E-state index is 0.654.